The molecule has 0 aliphatic carbocycles. The number of thioether (sulfide) groups is 1. The summed E-state index contributed by atoms with van der Waals surface area (Å²) >= 11 is 2.84. The van der Waals surface area contributed by atoms with Gasteiger partial charge < -0.3 is 15.1 Å². The van der Waals surface area contributed by atoms with Crippen LogP contribution in [0.3, 0.4) is 0 Å². The summed E-state index contributed by atoms with van der Waals surface area (Å²) in [5.41, 5.74) is 1.22. The second-order valence-electron chi connectivity index (χ2n) is 6.12. The first-order valence-electron chi connectivity index (χ1n) is 8.71. The van der Waals surface area contributed by atoms with Gasteiger partial charge in [-0.2, -0.15) is 0 Å². The van der Waals surface area contributed by atoms with Crippen LogP contribution >= 0.6 is 23.1 Å². The molecule has 0 radical (unpaired) electrons. The summed E-state index contributed by atoms with van der Waals surface area (Å²) in [4.78, 5) is 12.4. The molecule has 27 heavy (non-hydrogen) atoms. The van der Waals surface area contributed by atoms with E-state index in [9.17, 15) is 4.79 Å². The molecular formula is C19H22N4O2S2. The zero-order chi connectivity index (χ0) is 19.1. The van der Waals surface area contributed by atoms with Gasteiger partial charge >= 0.3 is 0 Å². The second kappa shape index (κ2) is 9.57. The summed E-state index contributed by atoms with van der Waals surface area (Å²) in [7, 11) is 0. The molecule has 6 nitrogen and oxygen atoms in total. The van der Waals surface area contributed by atoms with E-state index < -0.39 is 0 Å². The monoisotopic (exact) mass is 402 g/mol. The van der Waals surface area contributed by atoms with Crippen molar-refractivity contribution in [2.75, 3.05) is 11.9 Å². The van der Waals surface area contributed by atoms with E-state index in [0.717, 1.165) is 10.1 Å². The molecule has 0 fully saturated rings. The second-order valence-corrected chi connectivity index (χ2v) is 8.69. The van der Waals surface area contributed by atoms with E-state index in [1.807, 2.05) is 37.3 Å². The SMILES string of the molecule is C[C@H](Sc1nnc(NCc2ccco2)s1)C(=O)NC[C@@H](C)c1ccccc1. The first-order valence-corrected chi connectivity index (χ1v) is 10.4. The first-order chi connectivity index (χ1) is 13.1. The van der Waals surface area contributed by atoms with E-state index in [4.69, 9.17) is 4.42 Å². The largest absolute Gasteiger partial charge is 0.467 e. The minimum Gasteiger partial charge on any atom is -0.467 e. The van der Waals surface area contributed by atoms with Crippen LogP contribution in [0.25, 0.3) is 0 Å². The first kappa shape index (κ1) is 19.4. The van der Waals surface area contributed by atoms with Crippen molar-refractivity contribution in [3.63, 3.8) is 0 Å². The molecule has 2 N–H and O–H groups in total. The molecule has 3 rings (SSSR count). The van der Waals surface area contributed by atoms with Gasteiger partial charge in [0, 0.05) is 6.54 Å². The fourth-order valence-corrected chi connectivity index (χ4v) is 4.32. The van der Waals surface area contributed by atoms with E-state index in [1.54, 1.807) is 6.26 Å². The molecule has 0 aliphatic rings. The zero-order valence-corrected chi connectivity index (χ0v) is 16.8. The molecule has 3 aromatic rings. The van der Waals surface area contributed by atoms with E-state index in [0.29, 0.717) is 18.2 Å². The summed E-state index contributed by atoms with van der Waals surface area (Å²) in [5.74, 6) is 1.11. The van der Waals surface area contributed by atoms with Crippen LogP contribution in [0, 0.1) is 0 Å². The van der Waals surface area contributed by atoms with Crippen molar-refractivity contribution in [1.29, 1.82) is 0 Å². The van der Waals surface area contributed by atoms with Crippen LogP contribution in [-0.4, -0.2) is 27.9 Å². The van der Waals surface area contributed by atoms with Crippen molar-refractivity contribution in [1.82, 2.24) is 15.5 Å². The number of amides is 1. The van der Waals surface area contributed by atoms with Gasteiger partial charge in [0.05, 0.1) is 18.1 Å². The van der Waals surface area contributed by atoms with Gasteiger partial charge in [-0.05, 0) is 30.5 Å². The molecule has 0 spiro atoms. The van der Waals surface area contributed by atoms with Crippen LogP contribution in [-0.2, 0) is 11.3 Å². The lowest BCUT2D eigenvalue weighted by Gasteiger charge is -2.15. The van der Waals surface area contributed by atoms with E-state index >= 15 is 0 Å². The minimum absolute atomic E-state index is 0.00285. The summed E-state index contributed by atoms with van der Waals surface area (Å²) in [6, 6.07) is 13.9. The Labute approximate surface area is 166 Å². The predicted molar refractivity (Wildman–Crippen MR) is 109 cm³/mol. The molecule has 0 bridgehead atoms. The smallest absolute Gasteiger partial charge is 0.233 e. The highest BCUT2D eigenvalue weighted by Crippen LogP contribution is 2.29. The van der Waals surface area contributed by atoms with Gasteiger partial charge in [0.15, 0.2) is 4.34 Å². The lowest BCUT2D eigenvalue weighted by atomic mass is 10.0. The molecule has 8 heteroatoms. The Balaban J connectivity index is 1.44. The summed E-state index contributed by atoms with van der Waals surface area (Å²) in [6.07, 6.45) is 1.64. The molecule has 0 saturated carbocycles. The van der Waals surface area contributed by atoms with Crippen LogP contribution < -0.4 is 10.6 Å². The molecule has 0 aliphatic heterocycles. The third-order valence-corrected chi connectivity index (χ3v) is 6.06. The van der Waals surface area contributed by atoms with Gasteiger partial charge in [0.25, 0.3) is 0 Å². The molecule has 2 aromatic heterocycles. The van der Waals surface area contributed by atoms with E-state index in [2.05, 4.69) is 39.9 Å². The Hall–Kier alpha value is -2.32. The topological polar surface area (TPSA) is 80.1 Å². The van der Waals surface area contributed by atoms with Gasteiger partial charge in [0.1, 0.15) is 5.76 Å². The normalized spacial score (nSPS) is 13.1. The third kappa shape index (κ3) is 5.83. The molecular weight excluding hydrogens is 380 g/mol. The van der Waals surface area contributed by atoms with Gasteiger partial charge in [-0.1, -0.05) is 60.4 Å². The summed E-state index contributed by atoms with van der Waals surface area (Å²) < 4.78 is 6.03. The van der Waals surface area contributed by atoms with Crippen LogP contribution in [0.5, 0.6) is 0 Å². The quantitative estimate of drug-likeness (QED) is 0.524. The molecule has 1 aromatic carbocycles. The molecule has 142 valence electrons. The van der Waals surface area contributed by atoms with Gasteiger partial charge in [-0.25, -0.2) is 0 Å². The van der Waals surface area contributed by atoms with Crippen molar-refractivity contribution in [3.05, 3.63) is 60.1 Å². The number of hydrogen-bond donors (Lipinski definition) is 2. The molecule has 2 atom stereocenters. The van der Waals surface area contributed by atoms with Crippen LogP contribution in [0.2, 0.25) is 0 Å². The van der Waals surface area contributed by atoms with Crippen molar-refractivity contribution < 1.29 is 9.21 Å². The number of nitrogens with one attached hydrogen (secondary N) is 2. The van der Waals surface area contributed by atoms with Crippen LogP contribution in [0.4, 0.5) is 5.13 Å². The molecule has 1 amide bonds. The van der Waals surface area contributed by atoms with Crippen molar-refractivity contribution >= 4 is 34.1 Å². The average molecular weight is 403 g/mol. The average Bonchev–Trinajstić information content (AvgIpc) is 3.36. The number of benzene rings is 1. The number of anilines is 1. The minimum atomic E-state index is -0.237. The summed E-state index contributed by atoms with van der Waals surface area (Å²) in [5, 5.41) is 14.9. The third-order valence-electron chi connectivity index (χ3n) is 4.00. The Morgan fingerprint density at radius 2 is 2.00 bits per heavy atom. The Morgan fingerprint density at radius 1 is 1.19 bits per heavy atom. The number of hydrogen-bond acceptors (Lipinski definition) is 7. The number of furan rings is 1. The van der Waals surface area contributed by atoms with Crippen molar-refractivity contribution in [2.24, 2.45) is 0 Å². The van der Waals surface area contributed by atoms with E-state index in [-0.39, 0.29) is 17.1 Å². The fourth-order valence-electron chi connectivity index (χ4n) is 2.41. The van der Waals surface area contributed by atoms with Gasteiger partial charge in [-0.3, -0.25) is 4.79 Å². The molecule has 2 heterocycles. The zero-order valence-electron chi connectivity index (χ0n) is 15.2. The standard InChI is InChI=1S/C19H22N4O2S2/c1-13(15-7-4-3-5-8-15)11-20-17(24)14(2)26-19-23-22-18(27-19)21-12-16-9-6-10-25-16/h3-10,13-14H,11-12H2,1-2H3,(H,20,24)(H,21,22)/t13-,14+/m1/s1. The van der Waals surface area contributed by atoms with E-state index in [1.165, 1.54) is 28.7 Å². The number of nitrogens with zero attached hydrogens (tertiary/aromatic N) is 2. The number of carbonyl (C=O) groups excluding carboxylic acids is 1. The molecule has 0 unspecified atom stereocenters. The lowest BCUT2D eigenvalue weighted by molar-refractivity contribution is -0.120. The Morgan fingerprint density at radius 3 is 2.74 bits per heavy atom. The van der Waals surface area contributed by atoms with Crippen molar-refractivity contribution in [3.8, 4) is 0 Å². The number of rotatable bonds is 9. The predicted octanol–water partition coefficient (Wildman–Crippen LogP) is 4.14. The highest BCUT2D eigenvalue weighted by molar-refractivity contribution is 8.02. The summed E-state index contributed by atoms with van der Waals surface area (Å²) in [6.45, 7) is 5.15. The van der Waals surface area contributed by atoms with Crippen LogP contribution in [0.15, 0.2) is 57.5 Å². The maximum atomic E-state index is 12.4. The molecule has 0 saturated heterocycles. The number of aromatic nitrogens is 2. The van der Waals surface area contributed by atoms with Gasteiger partial charge in [0.2, 0.25) is 11.0 Å². The highest BCUT2D eigenvalue weighted by Gasteiger charge is 2.18. The fraction of sp³-hybridized carbons (Fsp3) is 0.316. The van der Waals surface area contributed by atoms with Gasteiger partial charge in [-0.15, -0.1) is 10.2 Å². The number of carbonyl (C=O) groups is 1. The maximum Gasteiger partial charge on any atom is 0.233 e. The highest BCUT2D eigenvalue weighted by atomic mass is 32.2. The van der Waals surface area contributed by atoms with Crippen LogP contribution in [0.1, 0.15) is 31.1 Å². The Bertz CT molecular complexity index is 837. The Kier molecular flexibility index (Phi) is 6.89. The van der Waals surface area contributed by atoms with Crippen molar-refractivity contribution in [2.45, 2.75) is 35.9 Å². The lowest BCUT2D eigenvalue weighted by Crippen LogP contribution is -2.33. The maximum absolute atomic E-state index is 12.4.